The summed E-state index contributed by atoms with van der Waals surface area (Å²) in [6, 6.07) is 0. The van der Waals surface area contributed by atoms with E-state index in [4.69, 9.17) is 10.8 Å². The zero-order valence-electron chi connectivity index (χ0n) is 8.94. The van der Waals surface area contributed by atoms with Gasteiger partial charge in [0.05, 0.1) is 17.8 Å². The van der Waals surface area contributed by atoms with Crippen LogP contribution in [0.1, 0.15) is 32.9 Å². The van der Waals surface area contributed by atoms with Gasteiger partial charge in [-0.25, -0.2) is 0 Å². The van der Waals surface area contributed by atoms with Crippen molar-refractivity contribution < 1.29 is 5.11 Å². The van der Waals surface area contributed by atoms with Crippen LogP contribution in [0.15, 0.2) is 6.20 Å². The van der Waals surface area contributed by atoms with Crippen molar-refractivity contribution in [2.75, 3.05) is 0 Å². The van der Waals surface area contributed by atoms with E-state index in [1.165, 1.54) is 0 Å². The molecule has 1 aromatic rings. The van der Waals surface area contributed by atoms with E-state index in [2.05, 4.69) is 10.3 Å². The standard InChI is InChI=1S/C9H18N4O/c1-7(14)4-5-13-6-8(11-12-13)9(2,3)10/h6-7,14H,4-5,10H2,1-3H3. The maximum atomic E-state index is 9.09. The van der Waals surface area contributed by atoms with Crippen LogP contribution in [0.5, 0.6) is 0 Å². The van der Waals surface area contributed by atoms with E-state index in [1.807, 2.05) is 20.0 Å². The fourth-order valence-electron chi connectivity index (χ4n) is 1.02. The molecule has 0 bridgehead atoms. The fourth-order valence-corrected chi connectivity index (χ4v) is 1.02. The van der Waals surface area contributed by atoms with Gasteiger partial charge < -0.3 is 10.8 Å². The van der Waals surface area contributed by atoms with Crippen LogP contribution < -0.4 is 5.73 Å². The Morgan fingerprint density at radius 1 is 1.64 bits per heavy atom. The van der Waals surface area contributed by atoms with Crippen LogP contribution in [0.25, 0.3) is 0 Å². The number of aliphatic hydroxyl groups is 1. The number of aliphatic hydroxyl groups excluding tert-OH is 1. The molecule has 14 heavy (non-hydrogen) atoms. The Morgan fingerprint density at radius 2 is 2.29 bits per heavy atom. The number of hydrogen-bond donors (Lipinski definition) is 2. The number of aromatic nitrogens is 3. The van der Waals surface area contributed by atoms with Crippen molar-refractivity contribution in [3.05, 3.63) is 11.9 Å². The van der Waals surface area contributed by atoms with Crippen molar-refractivity contribution >= 4 is 0 Å². The van der Waals surface area contributed by atoms with E-state index in [1.54, 1.807) is 11.6 Å². The van der Waals surface area contributed by atoms with Crippen molar-refractivity contribution in [1.29, 1.82) is 0 Å². The number of nitrogens with two attached hydrogens (primary N) is 1. The molecular formula is C9H18N4O. The molecule has 0 radical (unpaired) electrons. The van der Waals surface area contributed by atoms with Gasteiger partial charge in [-0.1, -0.05) is 5.21 Å². The van der Waals surface area contributed by atoms with Crippen LogP contribution >= 0.6 is 0 Å². The molecule has 1 atom stereocenters. The van der Waals surface area contributed by atoms with Crippen molar-refractivity contribution in [2.45, 2.75) is 45.4 Å². The zero-order valence-corrected chi connectivity index (χ0v) is 8.94. The molecule has 0 aliphatic heterocycles. The third-order valence-electron chi connectivity index (χ3n) is 1.97. The molecule has 1 heterocycles. The van der Waals surface area contributed by atoms with Gasteiger partial charge in [0.25, 0.3) is 0 Å². The molecule has 0 aliphatic rings. The first-order valence-corrected chi connectivity index (χ1v) is 4.77. The largest absolute Gasteiger partial charge is 0.393 e. The van der Waals surface area contributed by atoms with E-state index in [9.17, 15) is 0 Å². The monoisotopic (exact) mass is 198 g/mol. The molecule has 0 saturated heterocycles. The summed E-state index contributed by atoms with van der Waals surface area (Å²) in [5.74, 6) is 0. The molecule has 0 saturated carbocycles. The van der Waals surface area contributed by atoms with Gasteiger partial charge in [0.15, 0.2) is 0 Å². The first kappa shape index (κ1) is 11.1. The highest BCUT2D eigenvalue weighted by Gasteiger charge is 2.18. The molecule has 0 aromatic carbocycles. The third kappa shape index (κ3) is 3.08. The number of nitrogens with zero attached hydrogens (tertiary/aromatic N) is 3. The number of hydrogen-bond acceptors (Lipinski definition) is 4. The summed E-state index contributed by atoms with van der Waals surface area (Å²) in [5.41, 5.74) is 6.17. The molecule has 0 spiro atoms. The van der Waals surface area contributed by atoms with Gasteiger partial charge in [-0.05, 0) is 27.2 Å². The van der Waals surface area contributed by atoms with Gasteiger partial charge in [0.1, 0.15) is 5.69 Å². The molecule has 5 heteroatoms. The summed E-state index contributed by atoms with van der Waals surface area (Å²) >= 11 is 0. The molecule has 1 aromatic heterocycles. The molecule has 3 N–H and O–H groups in total. The highest BCUT2D eigenvalue weighted by molar-refractivity contribution is 5.05. The molecule has 0 aliphatic carbocycles. The van der Waals surface area contributed by atoms with Crippen LogP contribution in [-0.2, 0) is 12.1 Å². The zero-order chi connectivity index (χ0) is 10.8. The summed E-state index contributed by atoms with van der Waals surface area (Å²) in [6.45, 7) is 6.19. The maximum absolute atomic E-state index is 9.09. The van der Waals surface area contributed by atoms with E-state index < -0.39 is 5.54 Å². The second-order valence-corrected chi connectivity index (χ2v) is 4.23. The summed E-state index contributed by atoms with van der Waals surface area (Å²) < 4.78 is 1.71. The molecule has 0 fully saturated rings. The number of rotatable bonds is 4. The van der Waals surface area contributed by atoms with Gasteiger partial charge in [-0.3, -0.25) is 4.68 Å². The van der Waals surface area contributed by atoms with Gasteiger partial charge in [0, 0.05) is 6.54 Å². The van der Waals surface area contributed by atoms with Gasteiger partial charge >= 0.3 is 0 Å². The Balaban J connectivity index is 2.60. The lowest BCUT2D eigenvalue weighted by atomic mass is 10.0. The maximum Gasteiger partial charge on any atom is 0.102 e. The highest BCUT2D eigenvalue weighted by atomic mass is 16.3. The van der Waals surface area contributed by atoms with Crippen LogP contribution in [0.4, 0.5) is 0 Å². The molecule has 80 valence electrons. The number of aryl methyl sites for hydroxylation is 1. The smallest absolute Gasteiger partial charge is 0.102 e. The van der Waals surface area contributed by atoms with E-state index in [-0.39, 0.29) is 6.10 Å². The Morgan fingerprint density at radius 3 is 2.71 bits per heavy atom. The topological polar surface area (TPSA) is 77.0 Å². The average Bonchev–Trinajstić information content (AvgIpc) is 2.47. The van der Waals surface area contributed by atoms with Gasteiger partial charge in [-0.2, -0.15) is 0 Å². The predicted molar refractivity (Wildman–Crippen MR) is 53.5 cm³/mol. The second kappa shape index (κ2) is 4.06. The summed E-state index contributed by atoms with van der Waals surface area (Å²) in [5, 5.41) is 17.0. The fraction of sp³-hybridized carbons (Fsp3) is 0.778. The summed E-state index contributed by atoms with van der Waals surface area (Å²) in [7, 11) is 0. The minimum atomic E-state index is -0.455. The van der Waals surface area contributed by atoms with E-state index in [0.29, 0.717) is 13.0 Å². The first-order chi connectivity index (χ1) is 6.39. The van der Waals surface area contributed by atoms with Crippen molar-refractivity contribution in [3.63, 3.8) is 0 Å². The van der Waals surface area contributed by atoms with Gasteiger partial charge in [0.2, 0.25) is 0 Å². The lowest BCUT2D eigenvalue weighted by molar-refractivity contribution is 0.176. The van der Waals surface area contributed by atoms with Crippen LogP contribution in [0.3, 0.4) is 0 Å². The van der Waals surface area contributed by atoms with Crippen molar-refractivity contribution in [3.8, 4) is 0 Å². The van der Waals surface area contributed by atoms with Gasteiger partial charge in [-0.15, -0.1) is 5.10 Å². The summed E-state index contributed by atoms with van der Waals surface area (Å²) in [4.78, 5) is 0. The quantitative estimate of drug-likeness (QED) is 0.726. The Kier molecular flexibility index (Phi) is 3.23. The predicted octanol–water partition coefficient (Wildman–Crippen LogP) is 0.243. The van der Waals surface area contributed by atoms with Crippen LogP contribution in [0, 0.1) is 0 Å². The van der Waals surface area contributed by atoms with E-state index >= 15 is 0 Å². The minimum absolute atomic E-state index is 0.312. The highest BCUT2D eigenvalue weighted by Crippen LogP contribution is 2.12. The SMILES string of the molecule is CC(O)CCn1cc(C(C)(C)N)nn1. The van der Waals surface area contributed by atoms with Crippen molar-refractivity contribution in [1.82, 2.24) is 15.0 Å². The lowest BCUT2D eigenvalue weighted by Crippen LogP contribution is -2.29. The van der Waals surface area contributed by atoms with Crippen LogP contribution in [0.2, 0.25) is 0 Å². The second-order valence-electron chi connectivity index (χ2n) is 4.23. The lowest BCUT2D eigenvalue weighted by Gasteiger charge is -2.13. The molecule has 0 amide bonds. The van der Waals surface area contributed by atoms with Crippen LogP contribution in [-0.4, -0.2) is 26.2 Å². The molecule has 1 rings (SSSR count). The Bertz CT molecular complexity index is 287. The average molecular weight is 198 g/mol. The first-order valence-electron chi connectivity index (χ1n) is 4.77. The van der Waals surface area contributed by atoms with Crippen molar-refractivity contribution in [2.24, 2.45) is 5.73 Å². The Labute approximate surface area is 83.9 Å². The molecule has 5 nitrogen and oxygen atoms in total. The third-order valence-corrected chi connectivity index (χ3v) is 1.97. The molecular weight excluding hydrogens is 180 g/mol. The normalized spacial score (nSPS) is 14.4. The summed E-state index contributed by atoms with van der Waals surface area (Å²) in [6.07, 6.45) is 2.18. The van der Waals surface area contributed by atoms with E-state index in [0.717, 1.165) is 5.69 Å². The minimum Gasteiger partial charge on any atom is -0.393 e. The Hall–Kier alpha value is -0.940. The molecule has 1 unspecified atom stereocenters.